The number of nitrogens with zero attached hydrogens (tertiary/aromatic N) is 2. The summed E-state index contributed by atoms with van der Waals surface area (Å²) in [6, 6.07) is 6.17. The summed E-state index contributed by atoms with van der Waals surface area (Å²) >= 11 is 1.74. The molecule has 2 aromatic heterocycles. The normalized spacial score (nSPS) is 10.4. The van der Waals surface area contributed by atoms with E-state index in [1.807, 2.05) is 12.4 Å². The van der Waals surface area contributed by atoms with Gasteiger partial charge in [0.05, 0.1) is 6.61 Å². The molecule has 0 aliphatic rings. The molecule has 0 aliphatic heterocycles. The number of thiophene rings is 1. The molecule has 2 rings (SSSR count). The van der Waals surface area contributed by atoms with Crippen LogP contribution < -0.4 is 0 Å². The molecule has 2 aromatic rings. The Morgan fingerprint density at radius 2 is 2.05 bits per heavy atom. The first kappa shape index (κ1) is 15.7. The van der Waals surface area contributed by atoms with E-state index in [1.165, 1.54) is 10.4 Å². The van der Waals surface area contributed by atoms with Gasteiger partial charge in [0.15, 0.2) is 0 Å². The largest absolute Gasteiger partial charge is 0.395 e. The minimum absolute atomic E-state index is 0.121. The van der Waals surface area contributed by atoms with E-state index in [-0.39, 0.29) is 6.61 Å². The first-order chi connectivity index (χ1) is 10.3. The van der Waals surface area contributed by atoms with Gasteiger partial charge in [-0.05, 0) is 35.7 Å². The van der Waals surface area contributed by atoms with E-state index in [2.05, 4.69) is 52.2 Å². The summed E-state index contributed by atoms with van der Waals surface area (Å²) in [6.45, 7) is 5.10. The van der Waals surface area contributed by atoms with Crippen LogP contribution in [0.15, 0.2) is 36.0 Å². The highest BCUT2D eigenvalue weighted by molar-refractivity contribution is 7.10. The van der Waals surface area contributed by atoms with E-state index in [0.29, 0.717) is 6.42 Å². The Morgan fingerprint density at radius 1 is 1.24 bits per heavy atom. The Labute approximate surface area is 130 Å². The van der Waals surface area contributed by atoms with Crippen molar-refractivity contribution in [3.63, 3.8) is 0 Å². The molecule has 0 saturated heterocycles. The molecule has 0 unspecified atom stereocenters. The van der Waals surface area contributed by atoms with Gasteiger partial charge in [-0.15, -0.1) is 11.3 Å². The summed E-state index contributed by atoms with van der Waals surface area (Å²) in [5.74, 6) is 6.15. The van der Waals surface area contributed by atoms with Gasteiger partial charge in [0.2, 0.25) is 0 Å². The topological polar surface area (TPSA) is 36.4 Å². The smallest absolute Gasteiger partial charge is 0.0540 e. The van der Waals surface area contributed by atoms with Crippen molar-refractivity contribution < 1.29 is 5.11 Å². The zero-order valence-corrected chi connectivity index (χ0v) is 13.1. The summed E-state index contributed by atoms with van der Waals surface area (Å²) in [6.07, 6.45) is 4.20. The molecule has 21 heavy (non-hydrogen) atoms. The molecule has 0 radical (unpaired) electrons. The van der Waals surface area contributed by atoms with E-state index >= 15 is 0 Å². The minimum Gasteiger partial charge on any atom is -0.395 e. The highest BCUT2D eigenvalue weighted by atomic mass is 32.1. The predicted octanol–water partition coefficient (Wildman–Crippen LogP) is 2.90. The van der Waals surface area contributed by atoms with Crippen molar-refractivity contribution in [1.82, 2.24) is 9.88 Å². The van der Waals surface area contributed by atoms with Gasteiger partial charge in [0.1, 0.15) is 0 Å². The summed E-state index contributed by atoms with van der Waals surface area (Å²) in [7, 11) is 0. The fourth-order valence-electron chi connectivity index (χ4n) is 2.02. The van der Waals surface area contributed by atoms with Crippen LogP contribution in [0.1, 0.15) is 29.3 Å². The molecule has 0 spiro atoms. The summed E-state index contributed by atoms with van der Waals surface area (Å²) in [5, 5.41) is 10.9. The molecule has 0 bridgehead atoms. The molecule has 0 aliphatic carbocycles. The number of aliphatic hydroxyl groups is 1. The monoisotopic (exact) mass is 300 g/mol. The number of hydrogen-bond acceptors (Lipinski definition) is 4. The third-order valence-electron chi connectivity index (χ3n) is 3.18. The van der Waals surface area contributed by atoms with Crippen LogP contribution in [-0.4, -0.2) is 28.1 Å². The summed E-state index contributed by atoms with van der Waals surface area (Å²) in [4.78, 5) is 7.73. The van der Waals surface area contributed by atoms with Gasteiger partial charge in [0, 0.05) is 42.3 Å². The van der Waals surface area contributed by atoms with Gasteiger partial charge in [-0.3, -0.25) is 9.88 Å². The Hall–Kier alpha value is -1.67. The lowest BCUT2D eigenvalue weighted by molar-refractivity contribution is 0.273. The van der Waals surface area contributed by atoms with Gasteiger partial charge in [0.25, 0.3) is 0 Å². The van der Waals surface area contributed by atoms with Crippen molar-refractivity contribution in [3.05, 3.63) is 52.0 Å². The molecule has 0 saturated carbocycles. The van der Waals surface area contributed by atoms with Crippen LogP contribution >= 0.6 is 11.3 Å². The molecule has 3 nitrogen and oxygen atoms in total. The van der Waals surface area contributed by atoms with Crippen molar-refractivity contribution >= 4 is 11.3 Å². The lowest BCUT2D eigenvalue weighted by atomic mass is 10.2. The zero-order valence-electron chi connectivity index (χ0n) is 12.2. The molecular formula is C17H20N2OS. The molecule has 1 N–H and O–H groups in total. The molecule has 0 amide bonds. The van der Waals surface area contributed by atoms with Crippen LogP contribution in [0.3, 0.4) is 0 Å². The Balaban J connectivity index is 2.02. The van der Waals surface area contributed by atoms with Crippen molar-refractivity contribution in [2.45, 2.75) is 26.4 Å². The van der Waals surface area contributed by atoms with Crippen LogP contribution in [0.25, 0.3) is 0 Å². The first-order valence-electron chi connectivity index (χ1n) is 7.10. The molecule has 0 atom stereocenters. The maximum atomic E-state index is 8.80. The molecule has 2 heterocycles. The zero-order chi connectivity index (χ0) is 14.9. The van der Waals surface area contributed by atoms with E-state index in [9.17, 15) is 0 Å². The molecule has 0 fully saturated rings. The maximum absolute atomic E-state index is 8.80. The van der Waals surface area contributed by atoms with Gasteiger partial charge in [-0.25, -0.2) is 0 Å². The third kappa shape index (κ3) is 4.98. The number of pyridine rings is 1. The van der Waals surface area contributed by atoms with Crippen LogP contribution in [0.2, 0.25) is 0 Å². The van der Waals surface area contributed by atoms with E-state index in [4.69, 9.17) is 5.11 Å². The fraction of sp³-hybridized carbons (Fsp3) is 0.353. The SMILES string of the molecule is CCN(Cc1ccncc1)Cc1sccc1C#CCCO. The number of aliphatic hydroxyl groups excluding tert-OH is 1. The van der Waals surface area contributed by atoms with Crippen LogP contribution in [-0.2, 0) is 13.1 Å². The van der Waals surface area contributed by atoms with E-state index < -0.39 is 0 Å². The van der Waals surface area contributed by atoms with Crippen molar-refractivity contribution in [2.75, 3.05) is 13.2 Å². The van der Waals surface area contributed by atoms with E-state index in [0.717, 1.165) is 25.2 Å². The molecule has 0 aromatic carbocycles. The molecule has 4 heteroatoms. The quantitative estimate of drug-likeness (QED) is 0.833. The predicted molar refractivity (Wildman–Crippen MR) is 86.9 cm³/mol. The van der Waals surface area contributed by atoms with Crippen LogP contribution in [0, 0.1) is 11.8 Å². The summed E-state index contributed by atoms with van der Waals surface area (Å²) in [5.41, 5.74) is 2.36. The van der Waals surface area contributed by atoms with Crippen molar-refractivity contribution in [1.29, 1.82) is 0 Å². The number of hydrogen-bond donors (Lipinski definition) is 1. The van der Waals surface area contributed by atoms with E-state index in [1.54, 1.807) is 11.3 Å². The van der Waals surface area contributed by atoms with Crippen molar-refractivity contribution in [3.8, 4) is 11.8 Å². The maximum Gasteiger partial charge on any atom is 0.0540 e. The fourth-order valence-corrected chi connectivity index (χ4v) is 2.89. The number of rotatable bonds is 6. The van der Waals surface area contributed by atoms with Gasteiger partial charge in [-0.1, -0.05) is 18.8 Å². The van der Waals surface area contributed by atoms with Gasteiger partial charge in [-0.2, -0.15) is 0 Å². The third-order valence-corrected chi connectivity index (χ3v) is 4.08. The standard InChI is InChI=1S/C17H20N2OS/c1-2-19(13-15-6-9-18-10-7-15)14-17-16(8-12-21-17)5-3-4-11-20/h6-10,12,20H,2,4,11,13-14H2,1H3. The van der Waals surface area contributed by atoms with Gasteiger partial charge >= 0.3 is 0 Å². The Kier molecular flexibility index (Phi) is 6.42. The highest BCUT2D eigenvalue weighted by Gasteiger charge is 2.09. The van der Waals surface area contributed by atoms with Crippen LogP contribution in [0.4, 0.5) is 0 Å². The van der Waals surface area contributed by atoms with Crippen molar-refractivity contribution in [2.24, 2.45) is 0 Å². The highest BCUT2D eigenvalue weighted by Crippen LogP contribution is 2.19. The molecule has 110 valence electrons. The van der Waals surface area contributed by atoms with Gasteiger partial charge < -0.3 is 5.11 Å². The average molecular weight is 300 g/mol. The Bertz CT molecular complexity index is 598. The average Bonchev–Trinajstić information content (AvgIpc) is 2.95. The molecular weight excluding hydrogens is 280 g/mol. The second-order valence-corrected chi connectivity index (χ2v) is 5.69. The lowest BCUT2D eigenvalue weighted by Gasteiger charge is -2.19. The summed E-state index contributed by atoms with van der Waals surface area (Å²) < 4.78 is 0. The second kappa shape index (κ2) is 8.58. The lowest BCUT2D eigenvalue weighted by Crippen LogP contribution is -2.22. The minimum atomic E-state index is 0.121. The number of aromatic nitrogens is 1. The van der Waals surface area contributed by atoms with Crippen LogP contribution in [0.5, 0.6) is 0 Å². The second-order valence-electron chi connectivity index (χ2n) is 4.69. The first-order valence-corrected chi connectivity index (χ1v) is 7.98. The Morgan fingerprint density at radius 3 is 2.76 bits per heavy atom.